The van der Waals surface area contributed by atoms with Crippen LogP contribution in [0.4, 0.5) is 5.69 Å². The topological polar surface area (TPSA) is 72.5 Å². The number of carbonyl (C=O) groups is 1. The number of carboxylic acids is 1. The van der Waals surface area contributed by atoms with E-state index in [1.807, 2.05) is 30.3 Å². The van der Waals surface area contributed by atoms with E-state index in [0.29, 0.717) is 17.0 Å². The Kier molecular flexibility index (Phi) is 4.05. The van der Waals surface area contributed by atoms with Crippen LogP contribution in [0.15, 0.2) is 55.1 Å². The summed E-state index contributed by atoms with van der Waals surface area (Å²) in [4.78, 5) is 11.4. The van der Waals surface area contributed by atoms with Crippen LogP contribution < -0.4 is 10.5 Å². The molecule has 2 aromatic carbocycles. The molecule has 0 radical (unpaired) electrons. The first kappa shape index (κ1) is 13.7. The van der Waals surface area contributed by atoms with E-state index >= 15 is 0 Å². The molecule has 2 rings (SSSR count). The highest BCUT2D eigenvalue weighted by Gasteiger charge is 2.19. The third kappa shape index (κ3) is 2.64. The Morgan fingerprint density at radius 2 is 1.95 bits per heavy atom. The minimum atomic E-state index is -1.02. The molecule has 0 amide bonds. The molecule has 20 heavy (non-hydrogen) atoms. The Morgan fingerprint density at radius 1 is 1.25 bits per heavy atom. The Morgan fingerprint density at radius 3 is 2.55 bits per heavy atom. The van der Waals surface area contributed by atoms with Crippen LogP contribution in [0, 0.1) is 0 Å². The van der Waals surface area contributed by atoms with E-state index < -0.39 is 5.97 Å². The quantitative estimate of drug-likeness (QED) is 0.645. The normalized spacial score (nSPS) is 10.0. The van der Waals surface area contributed by atoms with Crippen molar-refractivity contribution in [2.24, 2.45) is 0 Å². The second-order valence-electron chi connectivity index (χ2n) is 4.18. The number of anilines is 1. The lowest BCUT2D eigenvalue weighted by Crippen LogP contribution is -2.06. The first-order valence-electron chi connectivity index (χ1n) is 6.10. The summed E-state index contributed by atoms with van der Waals surface area (Å²) < 4.78 is 5.56. The fourth-order valence-electron chi connectivity index (χ4n) is 1.97. The van der Waals surface area contributed by atoms with Gasteiger partial charge in [0.25, 0.3) is 0 Å². The molecular weight excluding hydrogens is 254 g/mol. The van der Waals surface area contributed by atoms with Crippen LogP contribution in [0.1, 0.15) is 10.4 Å². The predicted octanol–water partition coefficient (Wildman–Crippen LogP) is 3.20. The third-order valence-corrected chi connectivity index (χ3v) is 2.83. The van der Waals surface area contributed by atoms with Crippen LogP contribution in [0.5, 0.6) is 5.75 Å². The Balaban J connectivity index is 2.68. The first-order chi connectivity index (χ1) is 9.65. The van der Waals surface area contributed by atoms with Gasteiger partial charge in [0.1, 0.15) is 6.61 Å². The van der Waals surface area contributed by atoms with Crippen molar-refractivity contribution in [3.05, 3.63) is 60.7 Å². The van der Waals surface area contributed by atoms with E-state index in [1.165, 1.54) is 12.1 Å². The summed E-state index contributed by atoms with van der Waals surface area (Å²) in [5.74, 6) is -0.650. The highest BCUT2D eigenvalue weighted by molar-refractivity contribution is 5.99. The molecule has 0 saturated heterocycles. The maximum Gasteiger partial charge on any atom is 0.336 e. The molecule has 0 aromatic heterocycles. The van der Waals surface area contributed by atoms with Gasteiger partial charge in [0.05, 0.1) is 11.3 Å². The minimum absolute atomic E-state index is 0.157. The van der Waals surface area contributed by atoms with Crippen LogP contribution in [-0.2, 0) is 0 Å². The summed E-state index contributed by atoms with van der Waals surface area (Å²) in [6.07, 6.45) is 1.58. The van der Waals surface area contributed by atoms with Crippen LogP contribution in [-0.4, -0.2) is 17.7 Å². The molecule has 3 N–H and O–H groups in total. The van der Waals surface area contributed by atoms with Gasteiger partial charge in [-0.3, -0.25) is 0 Å². The number of benzene rings is 2. The van der Waals surface area contributed by atoms with Crippen LogP contribution in [0.25, 0.3) is 11.1 Å². The van der Waals surface area contributed by atoms with Crippen molar-refractivity contribution in [3.8, 4) is 16.9 Å². The maximum absolute atomic E-state index is 11.4. The van der Waals surface area contributed by atoms with Gasteiger partial charge in [0, 0.05) is 5.56 Å². The molecule has 0 saturated carbocycles. The molecule has 0 unspecified atom stereocenters. The number of ether oxygens (including phenoxy) is 1. The number of aromatic carboxylic acids is 1. The van der Waals surface area contributed by atoms with Gasteiger partial charge in [-0.1, -0.05) is 43.0 Å². The van der Waals surface area contributed by atoms with Gasteiger partial charge in [-0.05, 0) is 17.7 Å². The number of hydrogen-bond acceptors (Lipinski definition) is 3. The first-order valence-corrected chi connectivity index (χ1v) is 6.10. The largest absolute Gasteiger partial charge is 0.487 e. The van der Waals surface area contributed by atoms with Crippen LogP contribution in [0.3, 0.4) is 0 Å². The third-order valence-electron chi connectivity index (χ3n) is 2.83. The molecule has 0 aliphatic heterocycles. The van der Waals surface area contributed by atoms with Gasteiger partial charge in [-0.2, -0.15) is 0 Å². The average molecular weight is 269 g/mol. The molecule has 2 aromatic rings. The van der Waals surface area contributed by atoms with Crippen molar-refractivity contribution in [1.82, 2.24) is 0 Å². The second kappa shape index (κ2) is 5.93. The van der Waals surface area contributed by atoms with Gasteiger partial charge in [0.2, 0.25) is 0 Å². The highest BCUT2D eigenvalue weighted by atomic mass is 16.5. The van der Waals surface area contributed by atoms with E-state index in [2.05, 4.69) is 6.58 Å². The number of carboxylic acid groups (broad SMARTS) is 1. The fraction of sp³-hybridized carbons (Fsp3) is 0.0625. The zero-order valence-corrected chi connectivity index (χ0v) is 10.9. The van der Waals surface area contributed by atoms with Crippen molar-refractivity contribution in [1.29, 1.82) is 0 Å². The number of nitrogens with two attached hydrogens (primary N) is 1. The van der Waals surface area contributed by atoms with Crippen molar-refractivity contribution in [2.75, 3.05) is 12.3 Å². The van der Waals surface area contributed by atoms with Gasteiger partial charge in [-0.15, -0.1) is 0 Å². The van der Waals surface area contributed by atoms with Crippen LogP contribution >= 0.6 is 0 Å². The minimum Gasteiger partial charge on any atom is -0.487 e. The van der Waals surface area contributed by atoms with E-state index in [9.17, 15) is 9.90 Å². The fourth-order valence-corrected chi connectivity index (χ4v) is 1.97. The smallest absolute Gasteiger partial charge is 0.336 e. The van der Waals surface area contributed by atoms with E-state index in [1.54, 1.807) is 6.08 Å². The summed E-state index contributed by atoms with van der Waals surface area (Å²) in [6, 6.07) is 12.2. The molecule has 4 nitrogen and oxygen atoms in total. The molecule has 102 valence electrons. The summed E-state index contributed by atoms with van der Waals surface area (Å²) in [7, 11) is 0. The molecule has 0 aliphatic rings. The van der Waals surface area contributed by atoms with Crippen molar-refractivity contribution in [2.45, 2.75) is 0 Å². The lowest BCUT2D eigenvalue weighted by atomic mass is 9.97. The lowest BCUT2D eigenvalue weighted by Gasteiger charge is -2.15. The molecule has 0 atom stereocenters. The molecule has 0 fully saturated rings. The molecule has 0 bridgehead atoms. The summed E-state index contributed by atoms with van der Waals surface area (Å²) in [6.45, 7) is 3.84. The van der Waals surface area contributed by atoms with Crippen LogP contribution in [0.2, 0.25) is 0 Å². The Labute approximate surface area is 117 Å². The van der Waals surface area contributed by atoms with E-state index in [4.69, 9.17) is 10.5 Å². The lowest BCUT2D eigenvalue weighted by molar-refractivity contribution is 0.0697. The Hall–Kier alpha value is -2.75. The molecular formula is C16H15NO3. The van der Waals surface area contributed by atoms with Crippen molar-refractivity contribution in [3.63, 3.8) is 0 Å². The van der Waals surface area contributed by atoms with Crippen molar-refractivity contribution >= 4 is 11.7 Å². The molecule has 0 heterocycles. The van der Waals surface area contributed by atoms with E-state index in [-0.39, 0.29) is 12.2 Å². The summed E-state index contributed by atoms with van der Waals surface area (Å²) in [5.41, 5.74) is 7.70. The molecule has 4 heteroatoms. The predicted molar refractivity (Wildman–Crippen MR) is 78.9 cm³/mol. The van der Waals surface area contributed by atoms with Gasteiger partial charge < -0.3 is 15.6 Å². The number of hydrogen-bond donors (Lipinski definition) is 2. The zero-order chi connectivity index (χ0) is 14.5. The highest BCUT2D eigenvalue weighted by Crippen LogP contribution is 2.38. The standard InChI is InChI=1S/C16H15NO3/c1-2-10-20-15-13(17)9-8-12(16(18)19)14(15)11-6-4-3-5-7-11/h2-9H,1,10,17H2,(H,18,19). The SMILES string of the molecule is C=CCOc1c(N)ccc(C(=O)O)c1-c1ccccc1. The number of nitrogen functional groups attached to an aromatic ring is 1. The average Bonchev–Trinajstić information content (AvgIpc) is 2.46. The van der Waals surface area contributed by atoms with E-state index in [0.717, 1.165) is 5.56 Å². The van der Waals surface area contributed by atoms with Gasteiger partial charge >= 0.3 is 5.97 Å². The monoisotopic (exact) mass is 269 g/mol. The maximum atomic E-state index is 11.4. The molecule has 0 spiro atoms. The van der Waals surface area contributed by atoms with Gasteiger partial charge in [-0.25, -0.2) is 4.79 Å². The van der Waals surface area contributed by atoms with Gasteiger partial charge in [0.15, 0.2) is 5.75 Å². The number of rotatable bonds is 5. The van der Waals surface area contributed by atoms with Crippen molar-refractivity contribution < 1.29 is 14.6 Å². The molecule has 0 aliphatic carbocycles. The summed E-state index contributed by atoms with van der Waals surface area (Å²) >= 11 is 0. The second-order valence-corrected chi connectivity index (χ2v) is 4.18. The Bertz CT molecular complexity index is 636. The summed E-state index contributed by atoms with van der Waals surface area (Å²) in [5, 5.41) is 9.35. The zero-order valence-electron chi connectivity index (χ0n) is 10.9.